The molecule has 1 aliphatic heterocycles. The zero-order valence-corrected chi connectivity index (χ0v) is 18.7. The number of methoxy groups -OCH3 is 1. The second-order valence-corrected chi connectivity index (χ2v) is 9.05. The SMILES string of the molecule is CCNC(=NCC1(SCC)CCOCC1)NCCC(C)c1ccc(OC)cc1. The van der Waals surface area contributed by atoms with E-state index in [9.17, 15) is 0 Å². The molecule has 1 fully saturated rings. The molecule has 28 heavy (non-hydrogen) atoms. The highest BCUT2D eigenvalue weighted by Gasteiger charge is 2.32. The molecule has 1 saturated heterocycles. The summed E-state index contributed by atoms with van der Waals surface area (Å²) in [5.74, 6) is 3.44. The summed E-state index contributed by atoms with van der Waals surface area (Å²) in [5, 5.41) is 6.91. The maximum atomic E-state index is 5.57. The molecule has 0 radical (unpaired) electrons. The molecule has 1 aromatic carbocycles. The van der Waals surface area contributed by atoms with Gasteiger partial charge in [0.15, 0.2) is 5.96 Å². The Bertz CT molecular complexity index is 580. The Balaban J connectivity index is 1.87. The van der Waals surface area contributed by atoms with Gasteiger partial charge in [-0.25, -0.2) is 0 Å². The molecule has 6 heteroatoms. The second-order valence-electron chi connectivity index (χ2n) is 7.31. The largest absolute Gasteiger partial charge is 0.497 e. The minimum atomic E-state index is 0.228. The normalized spacial score (nSPS) is 17.8. The zero-order valence-electron chi connectivity index (χ0n) is 17.9. The van der Waals surface area contributed by atoms with Crippen LogP contribution in [0.15, 0.2) is 29.3 Å². The van der Waals surface area contributed by atoms with Gasteiger partial charge in [-0.05, 0) is 55.6 Å². The van der Waals surface area contributed by atoms with Crippen molar-refractivity contribution in [3.8, 4) is 5.75 Å². The van der Waals surface area contributed by atoms with Gasteiger partial charge in [-0.15, -0.1) is 0 Å². The van der Waals surface area contributed by atoms with E-state index in [-0.39, 0.29) is 4.75 Å². The highest BCUT2D eigenvalue weighted by molar-refractivity contribution is 8.00. The molecule has 1 aromatic rings. The van der Waals surface area contributed by atoms with E-state index in [0.717, 1.165) is 69.6 Å². The van der Waals surface area contributed by atoms with Gasteiger partial charge in [0.05, 0.1) is 13.7 Å². The summed E-state index contributed by atoms with van der Waals surface area (Å²) in [4.78, 5) is 4.92. The number of ether oxygens (including phenoxy) is 2. The maximum absolute atomic E-state index is 5.57. The summed E-state index contributed by atoms with van der Waals surface area (Å²) in [7, 11) is 1.70. The van der Waals surface area contributed by atoms with Crippen molar-refractivity contribution < 1.29 is 9.47 Å². The molecule has 2 N–H and O–H groups in total. The number of benzene rings is 1. The fourth-order valence-corrected chi connectivity index (χ4v) is 4.69. The molecular weight excluding hydrogens is 370 g/mol. The number of guanidine groups is 1. The molecule has 5 nitrogen and oxygen atoms in total. The Morgan fingerprint density at radius 2 is 1.93 bits per heavy atom. The van der Waals surface area contributed by atoms with Crippen LogP contribution in [0.1, 0.15) is 51.5 Å². The predicted octanol–water partition coefficient (Wildman–Crippen LogP) is 4.05. The Hall–Kier alpha value is -1.40. The summed E-state index contributed by atoms with van der Waals surface area (Å²) in [6.07, 6.45) is 3.23. The quantitative estimate of drug-likeness (QED) is 0.453. The summed E-state index contributed by atoms with van der Waals surface area (Å²) < 4.78 is 11.0. The first-order valence-corrected chi connectivity index (χ1v) is 11.5. The molecule has 0 saturated carbocycles. The van der Waals surface area contributed by atoms with Crippen molar-refractivity contribution in [3.05, 3.63) is 29.8 Å². The lowest BCUT2D eigenvalue weighted by atomic mass is 9.98. The first-order chi connectivity index (χ1) is 13.6. The predicted molar refractivity (Wildman–Crippen MR) is 121 cm³/mol. The number of hydrogen-bond donors (Lipinski definition) is 2. The number of thioether (sulfide) groups is 1. The molecule has 1 heterocycles. The summed E-state index contributed by atoms with van der Waals surface area (Å²) in [6.45, 7) is 10.9. The second kappa shape index (κ2) is 12.2. The van der Waals surface area contributed by atoms with Gasteiger partial charge in [-0.2, -0.15) is 11.8 Å². The third kappa shape index (κ3) is 7.21. The number of nitrogens with zero attached hydrogens (tertiary/aromatic N) is 1. The van der Waals surface area contributed by atoms with Crippen molar-refractivity contribution in [2.45, 2.75) is 50.7 Å². The van der Waals surface area contributed by atoms with Gasteiger partial charge in [0, 0.05) is 31.1 Å². The smallest absolute Gasteiger partial charge is 0.191 e. The van der Waals surface area contributed by atoms with Gasteiger partial charge in [0.25, 0.3) is 0 Å². The zero-order chi connectivity index (χ0) is 20.2. The van der Waals surface area contributed by atoms with Crippen LogP contribution in [0.3, 0.4) is 0 Å². The van der Waals surface area contributed by atoms with Crippen molar-refractivity contribution in [1.82, 2.24) is 10.6 Å². The van der Waals surface area contributed by atoms with Crippen LogP contribution in [0.5, 0.6) is 5.75 Å². The molecule has 2 rings (SSSR count). The summed E-state index contributed by atoms with van der Waals surface area (Å²) >= 11 is 2.04. The molecule has 1 aliphatic rings. The summed E-state index contributed by atoms with van der Waals surface area (Å²) in [5.41, 5.74) is 1.34. The molecule has 1 unspecified atom stereocenters. The molecule has 0 aromatic heterocycles. The first kappa shape index (κ1) is 22.9. The van der Waals surface area contributed by atoms with Crippen molar-refractivity contribution >= 4 is 17.7 Å². The minimum Gasteiger partial charge on any atom is -0.497 e. The maximum Gasteiger partial charge on any atom is 0.191 e. The lowest BCUT2D eigenvalue weighted by Crippen LogP contribution is -2.41. The van der Waals surface area contributed by atoms with Gasteiger partial charge < -0.3 is 20.1 Å². The van der Waals surface area contributed by atoms with E-state index < -0.39 is 0 Å². The molecule has 0 aliphatic carbocycles. The molecule has 1 atom stereocenters. The number of aliphatic imine (C=N–C) groups is 1. The van der Waals surface area contributed by atoms with Crippen molar-refractivity contribution in [2.24, 2.45) is 4.99 Å². The monoisotopic (exact) mass is 407 g/mol. The van der Waals surface area contributed by atoms with E-state index in [0.29, 0.717) is 5.92 Å². The van der Waals surface area contributed by atoms with E-state index in [1.54, 1.807) is 7.11 Å². The third-order valence-electron chi connectivity index (χ3n) is 5.28. The van der Waals surface area contributed by atoms with Crippen LogP contribution in [0.25, 0.3) is 0 Å². The fourth-order valence-electron chi connectivity index (χ4n) is 3.47. The van der Waals surface area contributed by atoms with E-state index in [4.69, 9.17) is 14.5 Å². The molecule has 0 amide bonds. The number of rotatable bonds is 10. The lowest BCUT2D eigenvalue weighted by Gasteiger charge is -2.35. The van der Waals surface area contributed by atoms with Crippen LogP contribution in [0.2, 0.25) is 0 Å². The van der Waals surface area contributed by atoms with Gasteiger partial charge in [0.1, 0.15) is 5.75 Å². The molecule has 0 spiro atoms. The molecular formula is C22H37N3O2S. The Labute approximate surface area is 175 Å². The van der Waals surface area contributed by atoms with Gasteiger partial charge in [-0.3, -0.25) is 4.99 Å². The van der Waals surface area contributed by atoms with Crippen molar-refractivity contribution in [3.63, 3.8) is 0 Å². The Morgan fingerprint density at radius 1 is 1.21 bits per heavy atom. The van der Waals surface area contributed by atoms with Gasteiger partial charge in [-0.1, -0.05) is 26.0 Å². The van der Waals surface area contributed by atoms with E-state index in [1.165, 1.54) is 5.56 Å². The van der Waals surface area contributed by atoms with Crippen molar-refractivity contribution in [1.29, 1.82) is 0 Å². The average Bonchev–Trinajstić information content (AvgIpc) is 2.73. The Kier molecular flexibility index (Phi) is 9.99. The third-order valence-corrected chi connectivity index (χ3v) is 6.72. The Morgan fingerprint density at radius 3 is 2.54 bits per heavy atom. The summed E-state index contributed by atoms with van der Waals surface area (Å²) in [6, 6.07) is 8.37. The molecule has 158 valence electrons. The molecule has 0 bridgehead atoms. The van der Waals surface area contributed by atoms with E-state index in [2.05, 4.69) is 43.5 Å². The van der Waals surface area contributed by atoms with Crippen LogP contribution >= 0.6 is 11.8 Å². The van der Waals surface area contributed by atoms with Crippen LogP contribution in [-0.2, 0) is 4.74 Å². The highest BCUT2D eigenvalue weighted by Crippen LogP contribution is 2.35. The lowest BCUT2D eigenvalue weighted by molar-refractivity contribution is 0.0793. The van der Waals surface area contributed by atoms with Crippen LogP contribution < -0.4 is 15.4 Å². The average molecular weight is 408 g/mol. The standard InChI is InChI=1S/C22H37N3O2S/c1-5-23-21(25-17-22(28-6-2)12-15-27-16-13-22)24-14-11-18(3)19-7-9-20(26-4)10-8-19/h7-10,18H,5-6,11-17H2,1-4H3,(H2,23,24,25). The highest BCUT2D eigenvalue weighted by atomic mass is 32.2. The van der Waals surface area contributed by atoms with Crippen LogP contribution in [-0.4, -0.2) is 56.4 Å². The van der Waals surface area contributed by atoms with Gasteiger partial charge in [0.2, 0.25) is 0 Å². The first-order valence-electron chi connectivity index (χ1n) is 10.5. The minimum absolute atomic E-state index is 0.228. The van der Waals surface area contributed by atoms with E-state index in [1.807, 2.05) is 23.9 Å². The van der Waals surface area contributed by atoms with Gasteiger partial charge >= 0.3 is 0 Å². The van der Waals surface area contributed by atoms with Crippen LogP contribution in [0, 0.1) is 0 Å². The van der Waals surface area contributed by atoms with E-state index >= 15 is 0 Å². The number of hydrogen-bond acceptors (Lipinski definition) is 4. The van der Waals surface area contributed by atoms with Crippen LogP contribution in [0.4, 0.5) is 0 Å². The fraction of sp³-hybridized carbons (Fsp3) is 0.682. The topological polar surface area (TPSA) is 54.9 Å². The number of nitrogens with one attached hydrogen (secondary N) is 2. The van der Waals surface area contributed by atoms with Crippen molar-refractivity contribution in [2.75, 3.05) is 45.7 Å².